The fourth-order valence-electron chi connectivity index (χ4n) is 3.84. The summed E-state index contributed by atoms with van der Waals surface area (Å²) in [5.74, 6) is -1.78. The molecule has 2 unspecified atom stereocenters. The van der Waals surface area contributed by atoms with E-state index in [0.29, 0.717) is 29.3 Å². The molecule has 3 rings (SSSR count). The van der Waals surface area contributed by atoms with E-state index in [1.165, 1.54) is 12.1 Å². The first kappa shape index (κ1) is 17.9. The Labute approximate surface area is 149 Å². The summed E-state index contributed by atoms with van der Waals surface area (Å²) in [5, 5.41) is 23.9. The van der Waals surface area contributed by atoms with Crippen molar-refractivity contribution in [2.75, 3.05) is 0 Å². The van der Waals surface area contributed by atoms with Gasteiger partial charge in [0.15, 0.2) is 0 Å². The molecule has 1 heterocycles. The fraction of sp³-hybridized carbons (Fsp3) is 0.444. The van der Waals surface area contributed by atoms with Crippen LogP contribution in [0.2, 0.25) is 0 Å². The third kappa shape index (κ3) is 3.40. The van der Waals surface area contributed by atoms with E-state index in [4.69, 9.17) is 0 Å². The predicted molar refractivity (Wildman–Crippen MR) is 94.8 cm³/mol. The van der Waals surface area contributed by atoms with Crippen molar-refractivity contribution < 1.29 is 19.6 Å². The van der Waals surface area contributed by atoms with E-state index in [1.807, 2.05) is 0 Å². The molecular formula is C18H21N3O5. The van der Waals surface area contributed by atoms with Crippen LogP contribution in [0.4, 0.5) is 5.69 Å². The van der Waals surface area contributed by atoms with Crippen LogP contribution in [0.3, 0.4) is 0 Å². The maximum atomic E-state index is 12.6. The number of carboxylic acids is 1. The van der Waals surface area contributed by atoms with Crippen LogP contribution in [-0.2, 0) is 16.0 Å². The summed E-state index contributed by atoms with van der Waals surface area (Å²) < 4.78 is 0. The molecule has 8 heteroatoms. The average Bonchev–Trinajstić information content (AvgIpc) is 2.96. The smallest absolute Gasteiger partial charge is 0.308 e. The number of carboxylic acid groups (broad SMARTS) is 1. The Bertz CT molecular complexity index is 875. The highest BCUT2D eigenvalue weighted by atomic mass is 16.6. The Kier molecular flexibility index (Phi) is 4.67. The Morgan fingerprint density at radius 3 is 2.88 bits per heavy atom. The zero-order valence-corrected chi connectivity index (χ0v) is 14.4. The highest BCUT2D eigenvalue weighted by molar-refractivity contribution is 5.90. The van der Waals surface area contributed by atoms with E-state index in [-0.39, 0.29) is 18.0 Å². The standard InChI is InChI=1S/C18H21N3O5/c1-18(7-3-2-4-14(18)17(23)24)20-16(22)8-11-10-19-15-6-5-12(21(25)26)9-13(11)15/h5-6,9-10,14,19H,2-4,7-8H2,1H3,(H,20,22)(H,23,24). The number of hydrogen-bond donors (Lipinski definition) is 3. The van der Waals surface area contributed by atoms with Gasteiger partial charge >= 0.3 is 5.97 Å². The van der Waals surface area contributed by atoms with Crippen molar-refractivity contribution in [2.45, 2.75) is 44.6 Å². The molecule has 0 bridgehead atoms. The van der Waals surface area contributed by atoms with Crippen molar-refractivity contribution in [3.63, 3.8) is 0 Å². The van der Waals surface area contributed by atoms with E-state index in [0.717, 1.165) is 12.8 Å². The number of hydrogen-bond acceptors (Lipinski definition) is 4. The Morgan fingerprint density at radius 2 is 2.19 bits per heavy atom. The Balaban J connectivity index is 1.79. The maximum Gasteiger partial charge on any atom is 0.308 e. The molecule has 1 aromatic carbocycles. The van der Waals surface area contributed by atoms with E-state index >= 15 is 0 Å². The molecule has 2 aromatic rings. The summed E-state index contributed by atoms with van der Waals surface area (Å²) in [4.78, 5) is 37.6. The largest absolute Gasteiger partial charge is 0.481 e. The van der Waals surface area contributed by atoms with Crippen LogP contribution in [0.5, 0.6) is 0 Å². The number of rotatable bonds is 5. The van der Waals surface area contributed by atoms with E-state index in [2.05, 4.69) is 10.3 Å². The summed E-state index contributed by atoms with van der Waals surface area (Å²) >= 11 is 0. The minimum atomic E-state index is -0.893. The molecule has 1 aliphatic rings. The zero-order chi connectivity index (χ0) is 18.9. The number of H-pyrrole nitrogens is 1. The van der Waals surface area contributed by atoms with Gasteiger partial charge in [-0.15, -0.1) is 0 Å². The number of nitro groups is 1. The van der Waals surface area contributed by atoms with Crippen LogP contribution in [-0.4, -0.2) is 32.4 Å². The zero-order valence-electron chi connectivity index (χ0n) is 14.4. The number of carbonyl (C=O) groups excluding carboxylic acids is 1. The molecule has 1 amide bonds. The van der Waals surface area contributed by atoms with Crippen molar-refractivity contribution in [3.05, 3.63) is 40.1 Å². The fourth-order valence-corrected chi connectivity index (χ4v) is 3.84. The van der Waals surface area contributed by atoms with Crippen molar-refractivity contribution >= 4 is 28.5 Å². The second kappa shape index (κ2) is 6.78. The first-order valence-electron chi connectivity index (χ1n) is 8.58. The van der Waals surface area contributed by atoms with Gasteiger partial charge in [-0.3, -0.25) is 19.7 Å². The number of carbonyl (C=O) groups is 2. The quantitative estimate of drug-likeness (QED) is 0.559. The van der Waals surface area contributed by atoms with Crippen molar-refractivity contribution in [1.29, 1.82) is 0 Å². The minimum Gasteiger partial charge on any atom is -0.481 e. The molecule has 3 N–H and O–H groups in total. The monoisotopic (exact) mass is 359 g/mol. The molecule has 0 radical (unpaired) electrons. The molecule has 138 valence electrons. The predicted octanol–water partition coefficient (Wildman–Crippen LogP) is 2.77. The lowest BCUT2D eigenvalue weighted by Crippen LogP contribution is -2.55. The second-order valence-corrected chi connectivity index (χ2v) is 7.08. The van der Waals surface area contributed by atoms with E-state index < -0.39 is 22.3 Å². The number of aliphatic carboxylic acids is 1. The van der Waals surface area contributed by atoms with Crippen molar-refractivity contribution in [2.24, 2.45) is 5.92 Å². The van der Waals surface area contributed by atoms with Crippen LogP contribution < -0.4 is 5.32 Å². The lowest BCUT2D eigenvalue weighted by Gasteiger charge is -2.39. The lowest BCUT2D eigenvalue weighted by molar-refractivity contribution is -0.384. The molecular weight excluding hydrogens is 338 g/mol. The number of fused-ring (bicyclic) bond motifs is 1. The number of aromatic amines is 1. The molecule has 0 aliphatic heterocycles. The highest BCUT2D eigenvalue weighted by Crippen LogP contribution is 2.34. The first-order valence-corrected chi connectivity index (χ1v) is 8.58. The first-order chi connectivity index (χ1) is 12.3. The normalized spacial score (nSPS) is 22.9. The lowest BCUT2D eigenvalue weighted by atomic mass is 9.74. The third-order valence-electron chi connectivity index (χ3n) is 5.24. The summed E-state index contributed by atoms with van der Waals surface area (Å²) in [5.41, 5.74) is 0.543. The Hall–Kier alpha value is -2.90. The highest BCUT2D eigenvalue weighted by Gasteiger charge is 2.42. The van der Waals surface area contributed by atoms with Crippen LogP contribution >= 0.6 is 0 Å². The molecule has 0 saturated heterocycles. The number of nitro benzene ring substituents is 1. The van der Waals surface area contributed by atoms with Gasteiger partial charge < -0.3 is 15.4 Å². The van der Waals surface area contributed by atoms with Gasteiger partial charge in [-0.25, -0.2) is 0 Å². The maximum absolute atomic E-state index is 12.6. The van der Waals surface area contributed by atoms with E-state index in [1.54, 1.807) is 19.2 Å². The topological polar surface area (TPSA) is 125 Å². The SMILES string of the molecule is CC1(NC(=O)Cc2c[nH]c3ccc([N+](=O)[O-])cc23)CCCCC1C(=O)O. The third-order valence-corrected chi connectivity index (χ3v) is 5.24. The number of nitrogens with zero attached hydrogens (tertiary/aromatic N) is 1. The average molecular weight is 359 g/mol. The van der Waals surface area contributed by atoms with Crippen molar-refractivity contribution in [1.82, 2.24) is 10.3 Å². The van der Waals surface area contributed by atoms with Gasteiger partial charge in [-0.1, -0.05) is 12.8 Å². The minimum absolute atomic E-state index is 0.0308. The van der Waals surface area contributed by atoms with Gasteiger partial charge in [0.1, 0.15) is 0 Å². The van der Waals surface area contributed by atoms with Crippen molar-refractivity contribution in [3.8, 4) is 0 Å². The van der Waals surface area contributed by atoms with Crippen LogP contribution in [0.1, 0.15) is 38.2 Å². The van der Waals surface area contributed by atoms with Gasteiger partial charge in [0, 0.05) is 29.2 Å². The molecule has 1 fully saturated rings. The number of nitrogens with one attached hydrogen (secondary N) is 2. The van der Waals surface area contributed by atoms with Gasteiger partial charge in [0.05, 0.1) is 22.8 Å². The van der Waals surface area contributed by atoms with Gasteiger partial charge in [0.25, 0.3) is 5.69 Å². The van der Waals surface area contributed by atoms with Gasteiger partial charge in [0.2, 0.25) is 5.91 Å². The molecule has 26 heavy (non-hydrogen) atoms. The van der Waals surface area contributed by atoms with Gasteiger partial charge in [-0.2, -0.15) is 0 Å². The number of non-ortho nitro benzene ring substituents is 1. The summed E-state index contributed by atoms with van der Waals surface area (Å²) in [6, 6.07) is 4.46. The van der Waals surface area contributed by atoms with Crippen LogP contribution in [0, 0.1) is 16.0 Å². The molecule has 2 atom stereocenters. The summed E-state index contributed by atoms with van der Waals surface area (Å²) in [6.07, 6.45) is 4.57. The second-order valence-electron chi connectivity index (χ2n) is 7.08. The number of benzene rings is 1. The van der Waals surface area contributed by atoms with E-state index in [9.17, 15) is 24.8 Å². The molecule has 8 nitrogen and oxygen atoms in total. The number of amides is 1. The summed E-state index contributed by atoms with van der Waals surface area (Å²) in [7, 11) is 0. The van der Waals surface area contributed by atoms with Gasteiger partial charge in [-0.05, 0) is 31.4 Å². The summed E-state index contributed by atoms with van der Waals surface area (Å²) in [6.45, 7) is 1.78. The van der Waals surface area contributed by atoms with Crippen LogP contribution in [0.15, 0.2) is 24.4 Å². The molecule has 1 aromatic heterocycles. The molecule has 1 saturated carbocycles. The number of aromatic nitrogens is 1. The Morgan fingerprint density at radius 1 is 1.42 bits per heavy atom. The van der Waals surface area contributed by atoms with Crippen LogP contribution in [0.25, 0.3) is 10.9 Å². The molecule has 1 aliphatic carbocycles. The molecule has 0 spiro atoms.